The zero-order valence-electron chi connectivity index (χ0n) is 20.9. The summed E-state index contributed by atoms with van der Waals surface area (Å²) in [6, 6.07) is 21.8. The van der Waals surface area contributed by atoms with E-state index in [0.29, 0.717) is 45.9 Å². The standard InChI is InChI=1S/C29H27ClN4O4S/c30-27-16-12-19-17-20(11-15-24(19)33-27)28(35)34-25-7-3-1-6-23(25)29(36)32-21-13-9-18(10-14-21)22-5-2-4-8-26(22)39(31,37)38/h2,4-5,8-17,23,25H,1,3,6-7H2,(H,32,36)(H,34,35)(H2,31,37,38)/t23-,25+/m0/s1. The van der Waals surface area contributed by atoms with Gasteiger partial charge in [-0.3, -0.25) is 9.59 Å². The van der Waals surface area contributed by atoms with E-state index in [1.165, 1.54) is 6.07 Å². The van der Waals surface area contributed by atoms with Crippen LogP contribution in [0.15, 0.2) is 83.8 Å². The zero-order chi connectivity index (χ0) is 27.6. The fourth-order valence-electron chi connectivity index (χ4n) is 5.03. The molecule has 1 aliphatic rings. The molecular formula is C29H27ClN4O4S. The number of halogens is 1. The second kappa shape index (κ2) is 11.1. The molecule has 1 heterocycles. The Balaban J connectivity index is 1.28. The average Bonchev–Trinajstić information content (AvgIpc) is 2.93. The number of primary sulfonamides is 1. The maximum atomic E-state index is 13.3. The number of fused-ring (bicyclic) bond motifs is 1. The highest BCUT2D eigenvalue weighted by Gasteiger charge is 2.32. The van der Waals surface area contributed by atoms with E-state index in [-0.39, 0.29) is 28.7 Å². The van der Waals surface area contributed by atoms with E-state index >= 15 is 0 Å². The van der Waals surface area contributed by atoms with Crippen LogP contribution < -0.4 is 15.8 Å². The molecule has 1 aromatic heterocycles. The molecule has 10 heteroatoms. The quantitative estimate of drug-likeness (QED) is 0.280. The van der Waals surface area contributed by atoms with Gasteiger partial charge in [0.25, 0.3) is 5.91 Å². The van der Waals surface area contributed by atoms with Gasteiger partial charge in [0, 0.05) is 28.2 Å². The van der Waals surface area contributed by atoms with Gasteiger partial charge in [-0.1, -0.05) is 54.8 Å². The van der Waals surface area contributed by atoms with Crippen LogP contribution in [0.4, 0.5) is 5.69 Å². The topological polar surface area (TPSA) is 131 Å². The summed E-state index contributed by atoms with van der Waals surface area (Å²) in [5.74, 6) is -0.795. The number of nitrogens with zero attached hydrogens (tertiary/aromatic N) is 1. The van der Waals surface area contributed by atoms with Gasteiger partial charge in [-0.25, -0.2) is 18.5 Å². The molecule has 0 spiro atoms. The van der Waals surface area contributed by atoms with Gasteiger partial charge in [-0.15, -0.1) is 0 Å². The third-order valence-electron chi connectivity index (χ3n) is 6.99. The first-order valence-electron chi connectivity index (χ1n) is 12.6. The molecule has 2 amide bonds. The predicted molar refractivity (Wildman–Crippen MR) is 152 cm³/mol. The minimum atomic E-state index is -3.89. The first kappa shape index (κ1) is 26.8. The third-order valence-corrected chi connectivity index (χ3v) is 8.17. The maximum absolute atomic E-state index is 13.3. The Hall–Kier alpha value is -3.79. The summed E-state index contributed by atoms with van der Waals surface area (Å²) >= 11 is 5.96. The molecule has 1 aliphatic carbocycles. The smallest absolute Gasteiger partial charge is 0.251 e. The van der Waals surface area contributed by atoms with E-state index in [9.17, 15) is 18.0 Å². The van der Waals surface area contributed by atoms with Gasteiger partial charge >= 0.3 is 0 Å². The summed E-state index contributed by atoms with van der Waals surface area (Å²) < 4.78 is 23.9. The maximum Gasteiger partial charge on any atom is 0.251 e. The number of carbonyl (C=O) groups is 2. The van der Waals surface area contributed by atoms with Gasteiger partial charge < -0.3 is 10.6 Å². The normalized spacial score (nSPS) is 17.5. The summed E-state index contributed by atoms with van der Waals surface area (Å²) in [6.45, 7) is 0. The lowest BCUT2D eigenvalue weighted by Gasteiger charge is -2.31. The second-order valence-electron chi connectivity index (χ2n) is 9.62. The highest BCUT2D eigenvalue weighted by molar-refractivity contribution is 7.89. The SMILES string of the molecule is NS(=O)(=O)c1ccccc1-c1ccc(NC(=O)[C@H]2CCCC[C@H]2NC(=O)c2ccc3nc(Cl)ccc3c2)cc1. The lowest BCUT2D eigenvalue weighted by atomic mass is 9.83. The van der Waals surface area contributed by atoms with Gasteiger partial charge in [0.15, 0.2) is 0 Å². The number of nitrogens with two attached hydrogens (primary N) is 1. The van der Waals surface area contributed by atoms with Crippen LogP contribution in [0.1, 0.15) is 36.0 Å². The predicted octanol–water partition coefficient (Wildman–Crippen LogP) is 5.13. The first-order valence-corrected chi connectivity index (χ1v) is 14.5. The van der Waals surface area contributed by atoms with Crippen LogP contribution in [0.5, 0.6) is 0 Å². The molecule has 8 nitrogen and oxygen atoms in total. The van der Waals surface area contributed by atoms with Crippen LogP contribution in [-0.2, 0) is 14.8 Å². The number of carbonyl (C=O) groups excluding carboxylic acids is 2. The molecule has 0 aliphatic heterocycles. The van der Waals surface area contributed by atoms with Crippen molar-refractivity contribution in [3.05, 3.63) is 89.6 Å². The lowest BCUT2D eigenvalue weighted by Crippen LogP contribution is -2.46. The number of hydrogen-bond donors (Lipinski definition) is 3. The van der Waals surface area contributed by atoms with Crippen molar-refractivity contribution in [3.8, 4) is 11.1 Å². The molecule has 2 atom stereocenters. The Morgan fingerprint density at radius 1 is 0.923 bits per heavy atom. The van der Waals surface area contributed by atoms with Crippen molar-refractivity contribution in [2.45, 2.75) is 36.6 Å². The van der Waals surface area contributed by atoms with Crippen LogP contribution in [0.25, 0.3) is 22.0 Å². The molecule has 1 fully saturated rings. The van der Waals surface area contributed by atoms with Crippen LogP contribution in [0, 0.1) is 5.92 Å². The molecule has 4 N–H and O–H groups in total. The minimum Gasteiger partial charge on any atom is -0.349 e. The van der Waals surface area contributed by atoms with Gasteiger partial charge in [0.2, 0.25) is 15.9 Å². The van der Waals surface area contributed by atoms with Crippen LogP contribution >= 0.6 is 11.6 Å². The Morgan fingerprint density at radius 3 is 2.44 bits per heavy atom. The highest BCUT2D eigenvalue weighted by atomic mass is 35.5. The summed E-state index contributed by atoms with van der Waals surface area (Å²) in [5.41, 5.74) is 2.92. The van der Waals surface area contributed by atoms with Crippen molar-refractivity contribution in [1.29, 1.82) is 0 Å². The van der Waals surface area contributed by atoms with Gasteiger partial charge in [-0.05, 0) is 66.9 Å². The summed E-state index contributed by atoms with van der Waals surface area (Å²) in [4.78, 5) is 30.6. The van der Waals surface area contributed by atoms with E-state index in [4.69, 9.17) is 16.7 Å². The monoisotopic (exact) mass is 562 g/mol. The third kappa shape index (κ3) is 6.11. The van der Waals surface area contributed by atoms with Crippen molar-refractivity contribution in [2.75, 3.05) is 5.32 Å². The van der Waals surface area contributed by atoms with Crippen LogP contribution in [0.3, 0.4) is 0 Å². The molecular weight excluding hydrogens is 536 g/mol. The summed E-state index contributed by atoms with van der Waals surface area (Å²) in [6.07, 6.45) is 3.19. The van der Waals surface area contributed by atoms with Gasteiger partial charge in [0.05, 0.1) is 16.3 Å². The van der Waals surface area contributed by atoms with E-state index < -0.39 is 10.0 Å². The summed E-state index contributed by atoms with van der Waals surface area (Å²) in [5, 5.41) is 12.6. The highest BCUT2D eigenvalue weighted by Crippen LogP contribution is 2.29. The number of pyridine rings is 1. The average molecular weight is 563 g/mol. The Kier molecular flexibility index (Phi) is 7.65. The number of amides is 2. The molecule has 39 heavy (non-hydrogen) atoms. The fraction of sp³-hybridized carbons (Fsp3) is 0.207. The van der Waals surface area contributed by atoms with Gasteiger partial charge in [0.1, 0.15) is 5.15 Å². The molecule has 3 aromatic carbocycles. The summed E-state index contributed by atoms with van der Waals surface area (Å²) in [7, 11) is -3.89. The molecule has 200 valence electrons. The largest absolute Gasteiger partial charge is 0.349 e. The number of benzene rings is 3. The minimum absolute atomic E-state index is 0.0362. The van der Waals surface area contributed by atoms with E-state index in [1.807, 2.05) is 6.07 Å². The second-order valence-corrected chi connectivity index (χ2v) is 11.5. The fourth-order valence-corrected chi connectivity index (χ4v) is 5.95. The number of nitrogens with one attached hydrogen (secondary N) is 2. The van der Waals surface area contributed by atoms with Crippen molar-refractivity contribution in [2.24, 2.45) is 11.1 Å². The molecule has 5 rings (SSSR count). The molecule has 0 saturated heterocycles. The number of rotatable bonds is 6. The molecule has 1 saturated carbocycles. The van der Waals surface area contributed by atoms with Crippen molar-refractivity contribution in [1.82, 2.24) is 10.3 Å². The number of aromatic nitrogens is 1. The Bertz CT molecular complexity index is 1660. The van der Waals surface area contributed by atoms with Crippen molar-refractivity contribution >= 4 is 50.0 Å². The van der Waals surface area contributed by atoms with E-state index in [2.05, 4.69) is 15.6 Å². The molecule has 0 bridgehead atoms. The van der Waals surface area contributed by atoms with Crippen molar-refractivity contribution < 1.29 is 18.0 Å². The zero-order valence-corrected chi connectivity index (χ0v) is 22.5. The van der Waals surface area contributed by atoms with E-state index in [0.717, 1.165) is 18.2 Å². The number of hydrogen-bond acceptors (Lipinski definition) is 5. The number of sulfonamides is 1. The molecule has 4 aromatic rings. The van der Waals surface area contributed by atoms with Gasteiger partial charge in [-0.2, -0.15) is 0 Å². The Morgan fingerprint density at radius 2 is 1.67 bits per heavy atom. The lowest BCUT2D eigenvalue weighted by molar-refractivity contribution is -0.121. The van der Waals surface area contributed by atoms with Crippen LogP contribution in [-0.4, -0.2) is 31.3 Å². The number of anilines is 1. The molecule has 0 radical (unpaired) electrons. The van der Waals surface area contributed by atoms with Crippen LogP contribution in [0.2, 0.25) is 5.15 Å². The first-order chi connectivity index (χ1) is 18.7. The van der Waals surface area contributed by atoms with E-state index in [1.54, 1.807) is 66.7 Å². The Labute approximate surface area is 231 Å². The molecule has 0 unspecified atom stereocenters. The van der Waals surface area contributed by atoms with Crippen molar-refractivity contribution in [3.63, 3.8) is 0 Å².